The second kappa shape index (κ2) is 7.51. The summed E-state index contributed by atoms with van der Waals surface area (Å²) >= 11 is 1.59. The van der Waals surface area contributed by atoms with Crippen LogP contribution in [-0.4, -0.2) is 41.5 Å². The Morgan fingerprint density at radius 1 is 1.41 bits per heavy atom. The van der Waals surface area contributed by atoms with Crippen LogP contribution in [-0.2, 0) is 6.54 Å². The summed E-state index contributed by atoms with van der Waals surface area (Å²) < 4.78 is 29.1. The quantitative estimate of drug-likeness (QED) is 0.531. The molecule has 4 rings (SSSR count). The standard InChI is InChI=1S/C18H20F2N6S/c1-21-17(22-9-14-11-26-6-7-27-18(26)24-14)23-13-4-5-25(10-13)16-3-2-12(19)8-15(16)20/h2-3,6-8,11,13H,4-5,9-10H2,1H3,(H2,21,22,23). The number of rotatable bonds is 4. The third-order valence-electron chi connectivity index (χ3n) is 4.58. The molecule has 0 bridgehead atoms. The van der Waals surface area contributed by atoms with Gasteiger partial charge in [-0.25, -0.2) is 13.8 Å². The Morgan fingerprint density at radius 3 is 3.07 bits per heavy atom. The highest BCUT2D eigenvalue weighted by Crippen LogP contribution is 2.24. The lowest BCUT2D eigenvalue weighted by molar-refractivity contribution is 0.580. The van der Waals surface area contributed by atoms with E-state index in [0.29, 0.717) is 31.3 Å². The van der Waals surface area contributed by atoms with Crippen molar-refractivity contribution < 1.29 is 8.78 Å². The number of guanidine groups is 1. The molecule has 1 fully saturated rings. The lowest BCUT2D eigenvalue weighted by Crippen LogP contribution is -2.44. The average Bonchev–Trinajstić information content (AvgIpc) is 3.34. The zero-order chi connectivity index (χ0) is 18.8. The zero-order valence-electron chi connectivity index (χ0n) is 14.8. The van der Waals surface area contributed by atoms with Crippen molar-refractivity contribution in [2.24, 2.45) is 4.99 Å². The van der Waals surface area contributed by atoms with Gasteiger partial charge in [-0.1, -0.05) is 0 Å². The molecule has 1 aliphatic heterocycles. The number of imidazole rings is 1. The number of thiazole rings is 1. The summed E-state index contributed by atoms with van der Waals surface area (Å²) in [6.07, 6.45) is 4.81. The van der Waals surface area contributed by atoms with Crippen LogP contribution in [0, 0.1) is 11.6 Å². The minimum absolute atomic E-state index is 0.131. The fourth-order valence-corrected chi connectivity index (χ4v) is 3.98. The number of nitrogens with zero attached hydrogens (tertiary/aromatic N) is 4. The van der Waals surface area contributed by atoms with Crippen molar-refractivity contribution in [3.63, 3.8) is 0 Å². The first kappa shape index (κ1) is 17.7. The van der Waals surface area contributed by atoms with Crippen LogP contribution in [0.5, 0.6) is 0 Å². The molecule has 3 aromatic rings. The van der Waals surface area contributed by atoms with Crippen molar-refractivity contribution >= 4 is 27.9 Å². The average molecular weight is 390 g/mol. The third kappa shape index (κ3) is 3.87. The molecule has 9 heteroatoms. The van der Waals surface area contributed by atoms with E-state index in [1.807, 2.05) is 27.1 Å². The number of benzene rings is 1. The predicted octanol–water partition coefficient (Wildman–Crippen LogP) is 2.62. The molecule has 142 valence electrons. The van der Waals surface area contributed by atoms with Crippen molar-refractivity contribution in [2.75, 3.05) is 25.0 Å². The number of fused-ring (bicyclic) bond motifs is 1. The third-order valence-corrected chi connectivity index (χ3v) is 5.35. The summed E-state index contributed by atoms with van der Waals surface area (Å²) in [4.78, 5) is 11.7. The van der Waals surface area contributed by atoms with Gasteiger partial charge in [-0.05, 0) is 18.6 Å². The number of anilines is 1. The Bertz CT molecular complexity index is 937. The van der Waals surface area contributed by atoms with Gasteiger partial charge in [-0.15, -0.1) is 11.3 Å². The molecule has 3 heterocycles. The molecule has 0 aliphatic carbocycles. The number of aromatic nitrogens is 2. The maximum atomic E-state index is 14.0. The van der Waals surface area contributed by atoms with Crippen LogP contribution in [0.3, 0.4) is 0 Å². The number of halogens is 2. The van der Waals surface area contributed by atoms with Crippen LogP contribution in [0.4, 0.5) is 14.5 Å². The smallest absolute Gasteiger partial charge is 0.193 e. The Morgan fingerprint density at radius 2 is 2.30 bits per heavy atom. The molecule has 0 radical (unpaired) electrons. The Labute approximate surface area is 159 Å². The van der Waals surface area contributed by atoms with E-state index in [1.165, 1.54) is 12.1 Å². The fraction of sp³-hybridized carbons (Fsp3) is 0.333. The molecule has 0 saturated carbocycles. The molecule has 1 saturated heterocycles. The zero-order valence-corrected chi connectivity index (χ0v) is 15.6. The van der Waals surface area contributed by atoms with Gasteiger partial charge in [0.1, 0.15) is 11.6 Å². The number of hydrogen-bond acceptors (Lipinski definition) is 4. The summed E-state index contributed by atoms with van der Waals surface area (Å²) in [6, 6.07) is 3.83. The van der Waals surface area contributed by atoms with Gasteiger partial charge in [-0.2, -0.15) is 0 Å². The van der Waals surface area contributed by atoms with Crippen LogP contribution >= 0.6 is 11.3 Å². The van der Waals surface area contributed by atoms with Gasteiger partial charge in [0.25, 0.3) is 0 Å². The van der Waals surface area contributed by atoms with Crippen LogP contribution in [0.15, 0.2) is 41.0 Å². The minimum atomic E-state index is -0.561. The molecule has 0 spiro atoms. The Hall–Kier alpha value is -2.68. The number of hydrogen-bond donors (Lipinski definition) is 2. The van der Waals surface area contributed by atoms with Gasteiger partial charge >= 0.3 is 0 Å². The van der Waals surface area contributed by atoms with Gasteiger partial charge in [0.05, 0.1) is 17.9 Å². The number of aliphatic imine (C=N–C) groups is 1. The fourth-order valence-electron chi connectivity index (χ4n) is 3.26. The van der Waals surface area contributed by atoms with Crippen molar-refractivity contribution in [1.82, 2.24) is 20.0 Å². The van der Waals surface area contributed by atoms with E-state index >= 15 is 0 Å². The monoisotopic (exact) mass is 390 g/mol. The lowest BCUT2D eigenvalue weighted by atomic mass is 10.2. The maximum absolute atomic E-state index is 14.0. The highest BCUT2D eigenvalue weighted by molar-refractivity contribution is 7.15. The second-order valence-electron chi connectivity index (χ2n) is 6.42. The molecular weight excluding hydrogens is 370 g/mol. The molecule has 1 atom stereocenters. The van der Waals surface area contributed by atoms with E-state index in [2.05, 4.69) is 20.6 Å². The molecule has 2 aromatic heterocycles. The van der Waals surface area contributed by atoms with E-state index in [4.69, 9.17) is 0 Å². The van der Waals surface area contributed by atoms with Crippen molar-refractivity contribution in [2.45, 2.75) is 19.0 Å². The molecule has 0 amide bonds. The first-order valence-electron chi connectivity index (χ1n) is 8.70. The van der Waals surface area contributed by atoms with Crippen LogP contribution in [0.25, 0.3) is 4.96 Å². The van der Waals surface area contributed by atoms with E-state index in [1.54, 1.807) is 18.4 Å². The molecule has 2 N–H and O–H groups in total. The SMILES string of the molecule is CN=C(NCc1cn2ccsc2n1)NC1CCN(c2ccc(F)cc2F)C1. The lowest BCUT2D eigenvalue weighted by Gasteiger charge is -2.20. The second-order valence-corrected chi connectivity index (χ2v) is 7.30. The summed E-state index contributed by atoms with van der Waals surface area (Å²) in [5, 5.41) is 8.62. The van der Waals surface area contributed by atoms with E-state index < -0.39 is 11.6 Å². The summed E-state index contributed by atoms with van der Waals surface area (Å²) in [5.41, 5.74) is 1.37. The van der Waals surface area contributed by atoms with Gasteiger partial charge in [0.2, 0.25) is 0 Å². The van der Waals surface area contributed by atoms with Crippen LogP contribution in [0.1, 0.15) is 12.1 Å². The Kier molecular flexibility index (Phi) is 4.93. The molecule has 6 nitrogen and oxygen atoms in total. The largest absolute Gasteiger partial charge is 0.367 e. The molecule has 1 unspecified atom stereocenters. The first-order valence-corrected chi connectivity index (χ1v) is 9.58. The van der Waals surface area contributed by atoms with Gasteiger partial charge in [0.15, 0.2) is 10.9 Å². The summed E-state index contributed by atoms with van der Waals surface area (Å²) in [7, 11) is 1.72. The van der Waals surface area contributed by atoms with E-state index in [0.717, 1.165) is 23.1 Å². The van der Waals surface area contributed by atoms with Crippen molar-refractivity contribution in [1.29, 1.82) is 0 Å². The molecular formula is C18H20F2N6S. The van der Waals surface area contributed by atoms with Crippen molar-refractivity contribution in [3.05, 3.63) is 53.3 Å². The maximum Gasteiger partial charge on any atom is 0.193 e. The highest BCUT2D eigenvalue weighted by atomic mass is 32.1. The van der Waals surface area contributed by atoms with Crippen LogP contribution in [0.2, 0.25) is 0 Å². The van der Waals surface area contributed by atoms with Crippen molar-refractivity contribution in [3.8, 4) is 0 Å². The summed E-state index contributed by atoms with van der Waals surface area (Å²) in [6.45, 7) is 1.90. The molecule has 27 heavy (non-hydrogen) atoms. The van der Waals surface area contributed by atoms with Gasteiger partial charge in [-0.3, -0.25) is 9.39 Å². The molecule has 1 aromatic carbocycles. The van der Waals surface area contributed by atoms with Gasteiger partial charge < -0.3 is 15.5 Å². The summed E-state index contributed by atoms with van der Waals surface area (Å²) in [5.74, 6) is -0.412. The Balaban J connectivity index is 1.33. The predicted molar refractivity (Wildman–Crippen MR) is 103 cm³/mol. The first-order chi connectivity index (χ1) is 13.1. The topological polar surface area (TPSA) is 57.0 Å². The van der Waals surface area contributed by atoms with Crippen LogP contribution < -0.4 is 15.5 Å². The number of nitrogens with one attached hydrogen (secondary N) is 2. The van der Waals surface area contributed by atoms with Gasteiger partial charge in [0, 0.05) is 50.0 Å². The minimum Gasteiger partial charge on any atom is -0.367 e. The molecule has 1 aliphatic rings. The van der Waals surface area contributed by atoms with E-state index in [9.17, 15) is 8.78 Å². The normalized spacial score (nSPS) is 17.7. The van der Waals surface area contributed by atoms with E-state index in [-0.39, 0.29) is 6.04 Å². The highest BCUT2D eigenvalue weighted by Gasteiger charge is 2.25.